The number of pyridine rings is 1. The SMILES string of the molecule is C=C(Nc1cccnc1C)c1cc(C)ccc1Cl. The van der Waals surface area contributed by atoms with Crippen LogP contribution >= 0.6 is 11.6 Å². The first-order valence-electron chi connectivity index (χ1n) is 5.72. The monoisotopic (exact) mass is 258 g/mol. The fourth-order valence-electron chi connectivity index (χ4n) is 1.72. The van der Waals surface area contributed by atoms with Crippen molar-refractivity contribution >= 4 is 23.0 Å². The van der Waals surface area contributed by atoms with E-state index in [1.54, 1.807) is 6.20 Å². The van der Waals surface area contributed by atoms with Gasteiger partial charge in [-0.15, -0.1) is 0 Å². The highest BCUT2D eigenvalue weighted by Gasteiger charge is 2.06. The summed E-state index contributed by atoms with van der Waals surface area (Å²) in [6.45, 7) is 8.02. The zero-order valence-electron chi connectivity index (χ0n) is 10.5. The zero-order valence-corrected chi connectivity index (χ0v) is 11.3. The fraction of sp³-hybridized carbons (Fsp3) is 0.133. The summed E-state index contributed by atoms with van der Waals surface area (Å²) in [6, 6.07) is 9.74. The highest BCUT2D eigenvalue weighted by Crippen LogP contribution is 2.26. The van der Waals surface area contributed by atoms with Gasteiger partial charge in [0.2, 0.25) is 0 Å². The van der Waals surface area contributed by atoms with E-state index in [0.717, 1.165) is 28.2 Å². The molecule has 18 heavy (non-hydrogen) atoms. The number of rotatable bonds is 3. The van der Waals surface area contributed by atoms with Gasteiger partial charge in [0.15, 0.2) is 0 Å². The third-order valence-corrected chi connectivity index (χ3v) is 3.07. The number of benzene rings is 1. The summed E-state index contributed by atoms with van der Waals surface area (Å²) in [4.78, 5) is 4.23. The maximum Gasteiger partial charge on any atom is 0.0607 e. The molecule has 0 aliphatic carbocycles. The minimum absolute atomic E-state index is 0.694. The average Bonchev–Trinajstić information content (AvgIpc) is 2.35. The molecule has 2 rings (SSSR count). The predicted molar refractivity (Wildman–Crippen MR) is 77.8 cm³/mol. The van der Waals surface area contributed by atoms with Gasteiger partial charge in [-0.1, -0.05) is 29.8 Å². The third kappa shape index (κ3) is 2.71. The smallest absolute Gasteiger partial charge is 0.0607 e. The number of nitrogens with zero attached hydrogens (tertiary/aromatic N) is 1. The van der Waals surface area contributed by atoms with Crippen LogP contribution in [0.15, 0.2) is 43.1 Å². The summed E-state index contributed by atoms with van der Waals surface area (Å²) >= 11 is 6.18. The lowest BCUT2D eigenvalue weighted by Crippen LogP contribution is -2.01. The van der Waals surface area contributed by atoms with Gasteiger partial charge in [-0.05, 0) is 38.1 Å². The molecular formula is C15H15ClN2. The molecule has 0 aliphatic heterocycles. The second kappa shape index (κ2) is 5.23. The van der Waals surface area contributed by atoms with Gasteiger partial charge in [0.1, 0.15) is 0 Å². The summed E-state index contributed by atoms with van der Waals surface area (Å²) in [7, 11) is 0. The Morgan fingerprint density at radius 2 is 2.06 bits per heavy atom. The van der Waals surface area contributed by atoms with Crippen LogP contribution < -0.4 is 5.32 Å². The maximum atomic E-state index is 6.18. The summed E-state index contributed by atoms with van der Waals surface area (Å²) in [5, 5.41) is 3.95. The van der Waals surface area contributed by atoms with Gasteiger partial charge < -0.3 is 5.32 Å². The molecule has 1 heterocycles. The van der Waals surface area contributed by atoms with Gasteiger partial charge in [0, 0.05) is 22.5 Å². The van der Waals surface area contributed by atoms with E-state index in [2.05, 4.69) is 16.9 Å². The number of nitrogens with one attached hydrogen (secondary N) is 1. The van der Waals surface area contributed by atoms with E-state index in [1.807, 2.05) is 44.2 Å². The minimum atomic E-state index is 0.694. The summed E-state index contributed by atoms with van der Waals surface area (Å²) < 4.78 is 0. The van der Waals surface area contributed by atoms with Crippen LogP contribution in [0.3, 0.4) is 0 Å². The van der Waals surface area contributed by atoms with Gasteiger partial charge in [0.25, 0.3) is 0 Å². The van der Waals surface area contributed by atoms with E-state index in [9.17, 15) is 0 Å². The quantitative estimate of drug-likeness (QED) is 0.881. The van der Waals surface area contributed by atoms with Gasteiger partial charge in [-0.25, -0.2) is 0 Å². The Morgan fingerprint density at radius 1 is 1.28 bits per heavy atom. The van der Waals surface area contributed by atoms with Crippen molar-refractivity contribution in [1.82, 2.24) is 4.98 Å². The molecule has 0 aliphatic rings. The van der Waals surface area contributed by atoms with E-state index in [1.165, 1.54) is 0 Å². The molecule has 0 fully saturated rings. The average molecular weight is 259 g/mol. The normalized spacial score (nSPS) is 10.2. The van der Waals surface area contributed by atoms with Gasteiger partial charge >= 0.3 is 0 Å². The number of hydrogen-bond donors (Lipinski definition) is 1. The van der Waals surface area contributed by atoms with Gasteiger partial charge in [-0.2, -0.15) is 0 Å². The molecule has 92 valence electrons. The van der Waals surface area contributed by atoms with Crippen molar-refractivity contribution in [3.05, 3.63) is 65.0 Å². The van der Waals surface area contributed by atoms with Crippen LogP contribution in [0, 0.1) is 13.8 Å². The molecule has 0 spiro atoms. The minimum Gasteiger partial charge on any atom is -0.354 e. The lowest BCUT2D eigenvalue weighted by Gasteiger charge is -2.13. The molecule has 1 aromatic carbocycles. The maximum absolute atomic E-state index is 6.18. The first kappa shape index (κ1) is 12.7. The summed E-state index contributed by atoms with van der Waals surface area (Å²) in [5.41, 5.74) is 4.72. The third-order valence-electron chi connectivity index (χ3n) is 2.74. The van der Waals surface area contributed by atoms with Crippen molar-refractivity contribution in [3.8, 4) is 0 Å². The number of aryl methyl sites for hydroxylation is 2. The van der Waals surface area contributed by atoms with Crippen molar-refractivity contribution in [3.63, 3.8) is 0 Å². The second-order valence-electron chi connectivity index (χ2n) is 4.22. The van der Waals surface area contributed by atoms with Crippen LogP contribution in [-0.4, -0.2) is 4.98 Å². The standard InChI is InChI=1S/C15H15ClN2/c1-10-6-7-14(16)13(9-10)11(2)18-15-5-4-8-17-12(15)3/h4-9,18H,2H2,1,3H3. The molecule has 1 aromatic heterocycles. The summed E-state index contributed by atoms with van der Waals surface area (Å²) in [6.07, 6.45) is 1.77. The molecule has 0 atom stereocenters. The number of aromatic nitrogens is 1. The van der Waals surface area contributed by atoms with Crippen molar-refractivity contribution in [1.29, 1.82) is 0 Å². The number of hydrogen-bond acceptors (Lipinski definition) is 2. The van der Waals surface area contributed by atoms with Crippen molar-refractivity contribution < 1.29 is 0 Å². The first-order chi connectivity index (χ1) is 8.58. The van der Waals surface area contributed by atoms with Crippen LogP contribution in [0.25, 0.3) is 5.70 Å². The predicted octanol–water partition coefficient (Wildman–Crippen LogP) is 4.43. The zero-order chi connectivity index (χ0) is 13.1. The fourth-order valence-corrected chi connectivity index (χ4v) is 1.95. The van der Waals surface area contributed by atoms with E-state index in [4.69, 9.17) is 11.6 Å². The Bertz CT molecular complexity index is 591. The lowest BCUT2D eigenvalue weighted by molar-refractivity contribution is 1.20. The number of halogens is 1. The van der Waals surface area contributed by atoms with Crippen LogP contribution in [0.2, 0.25) is 5.02 Å². The van der Waals surface area contributed by atoms with Gasteiger partial charge in [0.05, 0.1) is 11.4 Å². The Hall–Kier alpha value is -1.80. The second-order valence-corrected chi connectivity index (χ2v) is 4.63. The molecule has 2 nitrogen and oxygen atoms in total. The lowest BCUT2D eigenvalue weighted by atomic mass is 10.1. The molecule has 0 bridgehead atoms. The van der Waals surface area contributed by atoms with Crippen LogP contribution in [-0.2, 0) is 0 Å². The Morgan fingerprint density at radius 3 is 2.78 bits per heavy atom. The van der Waals surface area contributed by atoms with E-state index >= 15 is 0 Å². The largest absolute Gasteiger partial charge is 0.354 e. The van der Waals surface area contributed by atoms with Crippen LogP contribution in [0.1, 0.15) is 16.8 Å². The van der Waals surface area contributed by atoms with Crippen molar-refractivity contribution in [2.45, 2.75) is 13.8 Å². The molecule has 0 radical (unpaired) electrons. The molecular weight excluding hydrogens is 244 g/mol. The molecule has 0 saturated carbocycles. The van der Waals surface area contributed by atoms with Crippen LogP contribution in [0.4, 0.5) is 5.69 Å². The van der Waals surface area contributed by atoms with Gasteiger partial charge in [-0.3, -0.25) is 4.98 Å². The molecule has 0 saturated heterocycles. The highest BCUT2D eigenvalue weighted by molar-refractivity contribution is 6.32. The Balaban J connectivity index is 2.28. The Kier molecular flexibility index (Phi) is 3.68. The van der Waals surface area contributed by atoms with Crippen molar-refractivity contribution in [2.75, 3.05) is 5.32 Å². The molecule has 2 aromatic rings. The number of anilines is 1. The van der Waals surface area contributed by atoms with E-state index in [0.29, 0.717) is 5.02 Å². The first-order valence-corrected chi connectivity index (χ1v) is 6.10. The highest BCUT2D eigenvalue weighted by atomic mass is 35.5. The Labute approximate surface area is 112 Å². The van der Waals surface area contributed by atoms with E-state index < -0.39 is 0 Å². The van der Waals surface area contributed by atoms with Crippen LogP contribution in [0.5, 0.6) is 0 Å². The van der Waals surface area contributed by atoms with Crippen molar-refractivity contribution in [2.24, 2.45) is 0 Å². The molecule has 0 amide bonds. The van der Waals surface area contributed by atoms with E-state index in [-0.39, 0.29) is 0 Å². The topological polar surface area (TPSA) is 24.9 Å². The molecule has 1 N–H and O–H groups in total. The summed E-state index contributed by atoms with van der Waals surface area (Å²) in [5.74, 6) is 0. The molecule has 3 heteroatoms. The molecule has 0 unspecified atom stereocenters.